The Hall–Kier alpha value is -3.43. The van der Waals surface area contributed by atoms with Gasteiger partial charge in [-0.2, -0.15) is 0 Å². The topological polar surface area (TPSA) is 86.3 Å². The molecule has 0 unspecified atom stereocenters. The number of morpholine rings is 1. The van der Waals surface area contributed by atoms with Gasteiger partial charge >= 0.3 is 5.97 Å². The number of cyclic esters (lactones) is 1. The molecule has 2 aliphatic heterocycles. The summed E-state index contributed by atoms with van der Waals surface area (Å²) in [5.41, 5.74) is 2.89. The third-order valence-corrected chi connectivity index (χ3v) is 6.41. The molecule has 0 amide bonds. The van der Waals surface area contributed by atoms with Crippen molar-refractivity contribution in [3.63, 3.8) is 0 Å². The van der Waals surface area contributed by atoms with E-state index in [2.05, 4.69) is 14.9 Å². The van der Waals surface area contributed by atoms with E-state index >= 15 is 0 Å². The molecular formula is C25H28N4O5. The van der Waals surface area contributed by atoms with E-state index < -0.39 is 0 Å². The van der Waals surface area contributed by atoms with Gasteiger partial charge in [-0.15, -0.1) is 0 Å². The van der Waals surface area contributed by atoms with Crippen LogP contribution in [0.25, 0.3) is 21.9 Å². The largest absolute Gasteiger partial charge is 0.493 e. The molecule has 1 saturated heterocycles. The molecule has 2 aliphatic rings. The van der Waals surface area contributed by atoms with Crippen molar-refractivity contribution in [1.82, 2.24) is 14.9 Å². The Kier molecular flexibility index (Phi) is 6.21. The maximum Gasteiger partial charge on any atom is 0.339 e. The van der Waals surface area contributed by atoms with Crippen LogP contribution in [0.15, 0.2) is 30.6 Å². The fourth-order valence-corrected chi connectivity index (χ4v) is 4.51. The Labute approximate surface area is 198 Å². The quantitative estimate of drug-likeness (QED) is 0.490. The number of methoxy groups -OCH3 is 2. The molecule has 3 heterocycles. The summed E-state index contributed by atoms with van der Waals surface area (Å²) in [6.07, 6.45) is 3.54. The Balaban J connectivity index is 1.49. The number of likely N-dealkylation sites (N-methyl/N-ethyl adjacent to an activating group) is 1. The number of benzene rings is 2. The zero-order chi connectivity index (χ0) is 23.7. The highest BCUT2D eigenvalue weighted by Gasteiger charge is 2.28. The molecule has 34 heavy (non-hydrogen) atoms. The summed E-state index contributed by atoms with van der Waals surface area (Å²) >= 11 is 0. The van der Waals surface area contributed by atoms with E-state index in [-0.39, 0.29) is 12.6 Å². The molecule has 0 radical (unpaired) electrons. The van der Waals surface area contributed by atoms with Gasteiger partial charge in [0.25, 0.3) is 0 Å². The van der Waals surface area contributed by atoms with Crippen molar-refractivity contribution in [2.24, 2.45) is 0 Å². The van der Waals surface area contributed by atoms with Crippen LogP contribution in [0.1, 0.15) is 15.9 Å². The normalized spacial score (nSPS) is 15.8. The molecule has 0 aliphatic carbocycles. The van der Waals surface area contributed by atoms with Gasteiger partial charge in [-0.05, 0) is 29.0 Å². The Morgan fingerprint density at radius 2 is 1.74 bits per heavy atom. The Morgan fingerprint density at radius 1 is 1.03 bits per heavy atom. The van der Waals surface area contributed by atoms with Gasteiger partial charge in [-0.3, -0.25) is 4.90 Å². The molecule has 0 saturated carbocycles. The minimum absolute atomic E-state index is 0.245. The maximum atomic E-state index is 12.7. The van der Waals surface area contributed by atoms with Gasteiger partial charge in [0.15, 0.2) is 11.5 Å². The summed E-state index contributed by atoms with van der Waals surface area (Å²) in [6.45, 7) is 5.44. The first kappa shape index (κ1) is 22.4. The highest BCUT2D eigenvalue weighted by molar-refractivity contribution is 6.11. The van der Waals surface area contributed by atoms with Crippen LogP contribution in [-0.4, -0.2) is 81.5 Å². The van der Waals surface area contributed by atoms with E-state index in [0.717, 1.165) is 66.9 Å². The van der Waals surface area contributed by atoms with Gasteiger partial charge in [-0.25, -0.2) is 14.8 Å². The summed E-state index contributed by atoms with van der Waals surface area (Å²) in [5.74, 6) is 1.51. The lowest BCUT2D eigenvalue weighted by molar-refractivity contribution is 0.0392. The maximum absolute atomic E-state index is 12.7. The molecule has 9 nitrogen and oxygen atoms in total. The highest BCUT2D eigenvalue weighted by atomic mass is 16.5. The third-order valence-electron chi connectivity index (χ3n) is 6.41. The van der Waals surface area contributed by atoms with E-state index in [1.807, 2.05) is 30.1 Å². The number of esters is 1. The van der Waals surface area contributed by atoms with Crippen LogP contribution < -0.4 is 14.4 Å². The molecule has 1 fully saturated rings. The number of hydrogen-bond acceptors (Lipinski definition) is 9. The second-order valence-corrected chi connectivity index (χ2v) is 8.44. The van der Waals surface area contributed by atoms with Gasteiger partial charge in [0, 0.05) is 62.3 Å². The van der Waals surface area contributed by atoms with Crippen molar-refractivity contribution < 1.29 is 23.7 Å². The number of carbonyl (C=O) groups excluding carboxylic acids is 1. The first-order chi connectivity index (χ1) is 16.6. The monoisotopic (exact) mass is 464 g/mol. The molecule has 9 heteroatoms. The average Bonchev–Trinajstić information content (AvgIpc) is 3.25. The molecule has 2 aromatic carbocycles. The Morgan fingerprint density at radius 3 is 2.44 bits per heavy atom. The molecule has 0 bridgehead atoms. The van der Waals surface area contributed by atoms with E-state index in [9.17, 15) is 4.79 Å². The number of carbonyl (C=O) groups is 1. The third kappa shape index (κ3) is 4.12. The molecule has 178 valence electrons. The van der Waals surface area contributed by atoms with Crippen molar-refractivity contribution in [3.05, 3.63) is 41.7 Å². The number of nitrogens with zero attached hydrogens (tertiary/aromatic N) is 4. The average molecular weight is 465 g/mol. The molecule has 0 N–H and O–H groups in total. The van der Waals surface area contributed by atoms with Gasteiger partial charge in [-0.1, -0.05) is 0 Å². The van der Waals surface area contributed by atoms with Crippen molar-refractivity contribution in [1.29, 1.82) is 0 Å². The number of hydrogen-bond donors (Lipinski definition) is 0. The first-order valence-electron chi connectivity index (χ1n) is 11.3. The molecule has 0 spiro atoms. The smallest absolute Gasteiger partial charge is 0.339 e. The number of fused-ring (bicyclic) bond motifs is 2. The van der Waals surface area contributed by atoms with Crippen LogP contribution >= 0.6 is 0 Å². The fourth-order valence-electron chi connectivity index (χ4n) is 4.51. The zero-order valence-corrected chi connectivity index (χ0v) is 19.7. The predicted molar refractivity (Wildman–Crippen MR) is 128 cm³/mol. The minimum Gasteiger partial charge on any atom is -0.493 e. The van der Waals surface area contributed by atoms with Gasteiger partial charge < -0.3 is 23.8 Å². The molecule has 3 aromatic rings. The van der Waals surface area contributed by atoms with Gasteiger partial charge in [0.05, 0.1) is 33.0 Å². The fraction of sp³-hybridized carbons (Fsp3) is 0.400. The second kappa shape index (κ2) is 9.44. The number of aromatic nitrogens is 2. The van der Waals surface area contributed by atoms with E-state index in [4.69, 9.17) is 18.9 Å². The van der Waals surface area contributed by atoms with Crippen LogP contribution in [0.3, 0.4) is 0 Å². The lowest BCUT2D eigenvalue weighted by Gasteiger charge is -2.28. The SMILES string of the molecule is COc1cc2cc3c(c(-c4cnc(N(C)CCN5CCOCC5)nc4)c2cc1OC)C(=O)OC3. The number of ether oxygens (including phenoxy) is 4. The first-order valence-corrected chi connectivity index (χ1v) is 11.3. The molecular weight excluding hydrogens is 436 g/mol. The molecule has 1 aromatic heterocycles. The second-order valence-electron chi connectivity index (χ2n) is 8.44. The van der Waals surface area contributed by atoms with E-state index in [0.29, 0.717) is 23.0 Å². The van der Waals surface area contributed by atoms with Crippen LogP contribution in [0.4, 0.5) is 5.95 Å². The summed E-state index contributed by atoms with van der Waals surface area (Å²) < 4.78 is 21.8. The van der Waals surface area contributed by atoms with E-state index in [1.54, 1.807) is 26.6 Å². The van der Waals surface area contributed by atoms with Crippen LogP contribution in [0, 0.1) is 0 Å². The molecule has 0 atom stereocenters. The van der Waals surface area contributed by atoms with Crippen molar-refractivity contribution in [2.45, 2.75) is 6.61 Å². The number of rotatable bonds is 7. The summed E-state index contributed by atoms with van der Waals surface area (Å²) in [7, 11) is 5.18. The standard InChI is InChI=1S/C25H28N4O5/c1-28(4-5-29-6-8-33-9-7-29)25-26-13-18(14-27-25)22-19-12-21(32-3)20(31-2)11-16(19)10-17-15-34-24(30)23(17)22/h10-14H,4-9,15H2,1-3H3. The van der Waals surface area contributed by atoms with E-state index in [1.165, 1.54) is 0 Å². The lowest BCUT2D eigenvalue weighted by Crippen LogP contribution is -2.41. The summed E-state index contributed by atoms with van der Waals surface area (Å²) in [5, 5.41) is 1.78. The molecule has 5 rings (SSSR count). The highest BCUT2D eigenvalue weighted by Crippen LogP contribution is 2.42. The van der Waals surface area contributed by atoms with Crippen molar-refractivity contribution in [2.75, 3.05) is 65.6 Å². The van der Waals surface area contributed by atoms with Crippen molar-refractivity contribution in [3.8, 4) is 22.6 Å². The predicted octanol–water partition coefficient (Wildman–Crippen LogP) is 2.75. The van der Waals surface area contributed by atoms with Crippen LogP contribution in [-0.2, 0) is 16.1 Å². The number of anilines is 1. The van der Waals surface area contributed by atoms with Crippen molar-refractivity contribution >= 4 is 22.7 Å². The summed E-state index contributed by atoms with van der Waals surface area (Å²) in [4.78, 5) is 26.3. The zero-order valence-electron chi connectivity index (χ0n) is 19.7. The van der Waals surface area contributed by atoms with Crippen LogP contribution in [0.5, 0.6) is 11.5 Å². The van der Waals surface area contributed by atoms with Crippen LogP contribution in [0.2, 0.25) is 0 Å². The van der Waals surface area contributed by atoms with Gasteiger partial charge in [0.2, 0.25) is 5.95 Å². The Bertz CT molecular complexity index is 1210. The lowest BCUT2D eigenvalue weighted by atomic mass is 9.91. The minimum atomic E-state index is -0.339. The summed E-state index contributed by atoms with van der Waals surface area (Å²) in [6, 6.07) is 5.77. The van der Waals surface area contributed by atoms with Gasteiger partial charge in [0.1, 0.15) is 6.61 Å².